The fourth-order valence-electron chi connectivity index (χ4n) is 1.73. The van der Waals surface area contributed by atoms with Crippen LogP contribution in [0.3, 0.4) is 0 Å². The molecule has 0 spiro atoms. The Balaban J connectivity index is 2.01. The standard InChI is InChI=1S/C10H15N3OS/c1-12-3-2-4-13(6-5-12)10(14)9-7-15-8-11-9/h7-8H,2-6H2,1H3. The van der Waals surface area contributed by atoms with E-state index in [0.717, 1.165) is 32.6 Å². The number of hydrogen-bond acceptors (Lipinski definition) is 4. The number of likely N-dealkylation sites (N-methyl/N-ethyl adjacent to an activating group) is 1. The average Bonchev–Trinajstić information content (AvgIpc) is 2.67. The van der Waals surface area contributed by atoms with Crippen molar-refractivity contribution in [2.45, 2.75) is 6.42 Å². The second-order valence-electron chi connectivity index (χ2n) is 3.82. The van der Waals surface area contributed by atoms with Gasteiger partial charge in [-0.1, -0.05) is 0 Å². The maximum atomic E-state index is 12.0. The van der Waals surface area contributed by atoms with Gasteiger partial charge in [0.2, 0.25) is 0 Å². The summed E-state index contributed by atoms with van der Waals surface area (Å²) < 4.78 is 0. The molecular formula is C10H15N3OS. The molecule has 1 aliphatic heterocycles. The summed E-state index contributed by atoms with van der Waals surface area (Å²) in [6.45, 7) is 3.68. The van der Waals surface area contributed by atoms with Gasteiger partial charge < -0.3 is 9.80 Å². The van der Waals surface area contributed by atoms with Crippen LogP contribution >= 0.6 is 11.3 Å². The van der Waals surface area contributed by atoms with Crippen LogP contribution in [0.2, 0.25) is 0 Å². The fourth-order valence-corrected chi connectivity index (χ4v) is 2.26. The summed E-state index contributed by atoms with van der Waals surface area (Å²) in [7, 11) is 2.09. The van der Waals surface area contributed by atoms with Crippen molar-refractivity contribution in [3.8, 4) is 0 Å². The third-order valence-corrected chi connectivity index (χ3v) is 3.24. The fraction of sp³-hybridized carbons (Fsp3) is 0.600. The molecule has 5 heteroatoms. The summed E-state index contributed by atoms with van der Waals surface area (Å²) in [5, 5.41) is 1.82. The van der Waals surface area contributed by atoms with Gasteiger partial charge in [-0.2, -0.15) is 0 Å². The van der Waals surface area contributed by atoms with E-state index >= 15 is 0 Å². The highest BCUT2D eigenvalue weighted by molar-refractivity contribution is 7.07. The second kappa shape index (κ2) is 4.72. The van der Waals surface area contributed by atoms with Crippen LogP contribution in [-0.2, 0) is 0 Å². The first kappa shape index (κ1) is 10.6. The molecule has 1 amide bonds. The molecule has 0 radical (unpaired) electrons. The van der Waals surface area contributed by atoms with E-state index in [1.54, 1.807) is 5.51 Å². The normalized spacial score (nSPS) is 18.9. The predicted molar refractivity (Wildman–Crippen MR) is 60.1 cm³/mol. The number of amides is 1. The number of aromatic nitrogens is 1. The van der Waals surface area contributed by atoms with E-state index in [0.29, 0.717) is 5.69 Å². The molecular weight excluding hydrogens is 210 g/mol. The summed E-state index contributed by atoms with van der Waals surface area (Å²) >= 11 is 1.47. The van der Waals surface area contributed by atoms with Gasteiger partial charge in [0, 0.05) is 25.0 Å². The monoisotopic (exact) mass is 225 g/mol. The first-order valence-corrected chi connectivity index (χ1v) is 6.07. The van der Waals surface area contributed by atoms with Crippen molar-refractivity contribution in [2.24, 2.45) is 0 Å². The third-order valence-electron chi connectivity index (χ3n) is 2.66. The third kappa shape index (κ3) is 2.54. The summed E-state index contributed by atoms with van der Waals surface area (Å²) in [5.74, 6) is 0.0755. The van der Waals surface area contributed by atoms with Crippen LogP contribution in [0.4, 0.5) is 0 Å². The van der Waals surface area contributed by atoms with E-state index in [4.69, 9.17) is 0 Å². The smallest absolute Gasteiger partial charge is 0.273 e. The highest BCUT2D eigenvalue weighted by atomic mass is 32.1. The quantitative estimate of drug-likeness (QED) is 0.713. The van der Waals surface area contributed by atoms with Crippen LogP contribution < -0.4 is 0 Å². The van der Waals surface area contributed by atoms with Gasteiger partial charge in [0.05, 0.1) is 5.51 Å². The lowest BCUT2D eigenvalue weighted by Gasteiger charge is -2.19. The van der Waals surface area contributed by atoms with Crippen LogP contribution in [0.25, 0.3) is 0 Å². The summed E-state index contributed by atoms with van der Waals surface area (Å²) in [6, 6.07) is 0. The van der Waals surface area contributed by atoms with Crippen molar-refractivity contribution in [3.05, 3.63) is 16.6 Å². The molecule has 15 heavy (non-hydrogen) atoms. The van der Waals surface area contributed by atoms with E-state index < -0.39 is 0 Å². The Kier molecular flexibility index (Phi) is 3.33. The lowest BCUT2D eigenvalue weighted by molar-refractivity contribution is 0.0758. The number of hydrogen-bond donors (Lipinski definition) is 0. The maximum Gasteiger partial charge on any atom is 0.273 e. The van der Waals surface area contributed by atoms with Crippen molar-refractivity contribution in [3.63, 3.8) is 0 Å². The lowest BCUT2D eigenvalue weighted by atomic mass is 10.3. The van der Waals surface area contributed by atoms with Crippen LogP contribution in [0.1, 0.15) is 16.9 Å². The lowest BCUT2D eigenvalue weighted by Crippen LogP contribution is -2.34. The van der Waals surface area contributed by atoms with E-state index in [1.165, 1.54) is 11.3 Å². The van der Waals surface area contributed by atoms with Crippen molar-refractivity contribution in [2.75, 3.05) is 33.2 Å². The average molecular weight is 225 g/mol. The molecule has 1 aliphatic rings. The SMILES string of the molecule is CN1CCCN(C(=O)c2cscn2)CC1. The Hall–Kier alpha value is -0.940. The molecule has 0 unspecified atom stereocenters. The highest BCUT2D eigenvalue weighted by Gasteiger charge is 2.19. The molecule has 0 N–H and O–H groups in total. The Morgan fingerprint density at radius 3 is 3.00 bits per heavy atom. The number of nitrogens with zero attached hydrogens (tertiary/aromatic N) is 3. The number of rotatable bonds is 1. The van der Waals surface area contributed by atoms with Gasteiger partial charge in [0.25, 0.3) is 5.91 Å². The largest absolute Gasteiger partial charge is 0.336 e. The zero-order valence-corrected chi connectivity index (χ0v) is 9.66. The van der Waals surface area contributed by atoms with E-state index in [9.17, 15) is 4.79 Å². The van der Waals surface area contributed by atoms with Crippen LogP contribution in [0.5, 0.6) is 0 Å². The van der Waals surface area contributed by atoms with Crippen molar-refractivity contribution in [1.29, 1.82) is 0 Å². The second-order valence-corrected chi connectivity index (χ2v) is 4.54. The molecule has 0 bridgehead atoms. The molecule has 1 fully saturated rings. The molecule has 4 nitrogen and oxygen atoms in total. The molecule has 82 valence electrons. The topological polar surface area (TPSA) is 36.4 Å². The number of carbonyl (C=O) groups is 1. The minimum Gasteiger partial charge on any atom is -0.336 e. The molecule has 0 saturated carbocycles. The van der Waals surface area contributed by atoms with Gasteiger partial charge >= 0.3 is 0 Å². The van der Waals surface area contributed by atoms with Gasteiger partial charge in [-0.05, 0) is 20.0 Å². The predicted octanol–water partition coefficient (Wildman–Crippen LogP) is 0.921. The summed E-state index contributed by atoms with van der Waals surface area (Å²) in [6.07, 6.45) is 1.05. The van der Waals surface area contributed by atoms with Crippen molar-refractivity contribution < 1.29 is 4.79 Å². The molecule has 1 saturated heterocycles. The molecule has 1 aromatic rings. The van der Waals surface area contributed by atoms with E-state index in [-0.39, 0.29) is 5.91 Å². The molecule has 0 aromatic carbocycles. The van der Waals surface area contributed by atoms with Gasteiger partial charge in [-0.3, -0.25) is 4.79 Å². The van der Waals surface area contributed by atoms with Crippen LogP contribution in [0.15, 0.2) is 10.9 Å². The van der Waals surface area contributed by atoms with Crippen molar-refractivity contribution >= 4 is 17.2 Å². The minimum absolute atomic E-state index is 0.0755. The minimum atomic E-state index is 0.0755. The molecule has 0 atom stereocenters. The summed E-state index contributed by atoms with van der Waals surface area (Å²) in [4.78, 5) is 20.2. The summed E-state index contributed by atoms with van der Waals surface area (Å²) in [5.41, 5.74) is 2.29. The van der Waals surface area contributed by atoms with Crippen LogP contribution in [0, 0.1) is 0 Å². The Bertz CT molecular complexity index is 325. The van der Waals surface area contributed by atoms with Gasteiger partial charge in [0.1, 0.15) is 5.69 Å². The van der Waals surface area contributed by atoms with Crippen LogP contribution in [-0.4, -0.2) is 53.9 Å². The van der Waals surface area contributed by atoms with E-state index in [2.05, 4.69) is 16.9 Å². The molecule has 2 heterocycles. The van der Waals surface area contributed by atoms with Crippen molar-refractivity contribution in [1.82, 2.24) is 14.8 Å². The number of carbonyl (C=O) groups excluding carboxylic acids is 1. The molecule has 1 aromatic heterocycles. The molecule has 2 rings (SSSR count). The Labute approximate surface area is 93.5 Å². The maximum absolute atomic E-state index is 12.0. The van der Waals surface area contributed by atoms with Gasteiger partial charge in [-0.25, -0.2) is 4.98 Å². The van der Waals surface area contributed by atoms with Gasteiger partial charge in [0.15, 0.2) is 0 Å². The van der Waals surface area contributed by atoms with Gasteiger partial charge in [-0.15, -0.1) is 11.3 Å². The Morgan fingerprint density at radius 2 is 2.27 bits per heavy atom. The zero-order chi connectivity index (χ0) is 10.7. The zero-order valence-electron chi connectivity index (χ0n) is 8.85. The number of thiazole rings is 1. The first-order chi connectivity index (χ1) is 7.27. The molecule has 0 aliphatic carbocycles. The first-order valence-electron chi connectivity index (χ1n) is 5.13. The highest BCUT2D eigenvalue weighted by Crippen LogP contribution is 2.08. The Morgan fingerprint density at radius 1 is 1.40 bits per heavy atom. The van der Waals surface area contributed by atoms with E-state index in [1.807, 2.05) is 10.3 Å².